The number of nitrogens with zero attached hydrogens (tertiary/aromatic N) is 1. The molecule has 1 aromatic carbocycles. The number of likely N-dealkylation sites (tertiary alicyclic amines) is 1. The molecule has 1 aromatic rings. The first kappa shape index (κ1) is 14.0. The van der Waals surface area contributed by atoms with E-state index in [1.165, 1.54) is 12.1 Å². The molecule has 0 aromatic heterocycles. The van der Waals surface area contributed by atoms with Crippen LogP contribution < -0.4 is 0 Å². The van der Waals surface area contributed by atoms with Gasteiger partial charge in [-0.05, 0) is 31.2 Å². The van der Waals surface area contributed by atoms with Crippen molar-refractivity contribution in [3.63, 3.8) is 0 Å². The number of ether oxygens (including phenoxy) is 1. The molecule has 2 rings (SSSR count). The Morgan fingerprint density at radius 3 is 2.37 bits per heavy atom. The first-order valence-corrected chi connectivity index (χ1v) is 8.02. The van der Waals surface area contributed by atoms with E-state index >= 15 is 0 Å². The van der Waals surface area contributed by atoms with Crippen molar-refractivity contribution in [3.8, 4) is 0 Å². The predicted molar refractivity (Wildman–Crippen MR) is 70.9 cm³/mol. The SMILES string of the molecule is CCOC1CN(C(=O)c2ccc(S(C)(=O)=O)cc2)C1. The molecule has 1 heterocycles. The van der Waals surface area contributed by atoms with Crippen LogP contribution in [-0.4, -0.2) is 51.3 Å². The molecule has 0 N–H and O–H groups in total. The maximum atomic E-state index is 12.1. The summed E-state index contributed by atoms with van der Waals surface area (Å²) >= 11 is 0. The fourth-order valence-electron chi connectivity index (χ4n) is 1.97. The number of sulfone groups is 1. The topological polar surface area (TPSA) is 63.7 Å². The normalized spacial score (nSPS) is 16.2. The van der Waals surface area contributed by atoms with Gasteiger partial charge in [-0.15, -0.1) is 0 Å². The van der Waals surface area contributed by atoms with E-state index in [4.69, 9.17) is 4.74 Å². The zero-order valence-corrected chi connectivity index (χ0v) is 11.8. The van der Waals surface area contributed by atoms with Gasteiger partial charge in [-0.3, -0.25) is 4.79 Å². The van der Waals surface area contributed by atoms with Gasteiger partial charge in [0.25, 0.3) is 5.91 Å². The van der Waals surface area contributed by atoms with Gasteiger partial charge in [0, 0.05) is 31.5 Å². The van der Waals surface area contributed by atoms with Crippen molar-refractivity contribution in [3.05, 3.63) is 29.8 Å². The van der Waals surface area contributed by atoms with E-state index < -0.39 is 9.84 Å². The zero-order valence-electron chi connectivity index (χ0n) is 11.0. The number of carbonyl (C=O) groups is 1. The lowest BCUT2D eigenvalue weighted by Crippen LogP contribution is -2.54. The second-order valence-corrected chi connectivity index (χ2v) is 6.60. The fraction of sp³-hybridized carbons (Fsp3) is 0.462. The minimum atomic E-state index is -3.22. The average molecular weight is 283 g/mol. The molecule has 104 valence electrons. The summed E-state index contributed by atoms with van der Waals surface area (Å²) in [5, 5.41) is 0. The largest absolute Gasteiger partial charge is 0.375 e. The van der Waals surface area contributed by atoms with Gasteiger partial charge in [-0.2, -0.15) is 0 Å². The average Bonchev–Trinajstić information content (AvgIpc) is 2.31. The number of amides is 1. The summed E-state index contributed by atoms with van der Waals surface area (Å²) in [5.74, 6) is -0.0870. The van der Waals surface area contributed by atoms with E-state index in [0.29, 0.717) is 25.3 Å². The molecule has 1 aliphatic rings. The summed E-state index contributed by atoms with van der Waals surface area (Å²) in [6.45, 7) is 3.77. The Hall–Kier alpha value is -1.40. The van der Waals surface area contributed by atoms with Crippen molar-refractivity contribution >= 4 is 15.7 Å². The van der Waals surface area contributed by atoms with Gasteiger partial charge in [0.05, 0.1) is 11.0 Å². The van der Waals surface area contributed by atoms with Crippen LogP contribution >= 0.6 is 0 Å². The Balaban J connectivity index is 2.02. The van der Waals surface area contributed by atoms with Gasteiger partial charge in [0.15, 0.2) is 9.84 Å². The summed E-state index contributed by atoms with van der Waals surface area (Å²) in [4.78, 5) is 14.0. The smallest absolute Gasteiger partial charge is 0.254 e. The Morgan fingerprint density at radius 2 is 1.89 bits per heavy atom. The van der Waals surface area contributed by atoms with Crippen molar-refractivity contribution in [1.82, 2.24) is 4.90 Å². The van der Waals surface area contributed by atoms with E-state index in [9.17, 15) is 13.2 Å². The molecule has 1 fully saturated rings. The third-order valence-electron chi connectivity index (χ3n) is 3.07. The highest BCUT2D eigenvalue weighted by molar-refractivity contribution is 7.90. The molecule has 0 saturated carbocycles. The third kappa shape index (κ3) is 3.13. The summed E-state index contributed by atoms with van der Waals surface area (Å²) in [6.07, 6.45) is 1.27. The van der Waals surface area contributed by atoms with Crippen LogP contribution in [0.5, 0.6) is 0 Å². The van der Waals surface area contributed by atoms with Gasteiger partial charge in [0.1, 0.15) is 0 Å². The molecular formula is C13H17NO4S. The lowest BCUT2D eigenvalue weighted by atomic mass is 10.1. The second kappa shape index (κ2) is 5.30. The lowest BCUT2D eigenvalue weighted by molar-refractivity contribution is -0.0378. The minimum Gasteiger partial charge on any atom is -0.375 e. The van der Waals surface area contributed by atoms with Crippen molar-refractivity contribution in [1.29, 1.82) is 0 Å². The van der Waals surface area contributed by atoms with Crippen molar-refractivity contribution < 1.29 is 17.9 Å². The van der Waals surface area contributed by atoms with Gasteiger partial charge in [-0.25, -0.2) is 8.42 Å². The number of carbonyl (C=O) groups excluding carboxylic acids is 1. The summed E-state index contributed by atoms with van der Waals surface area (Å²) in [6, 6.07) is 6.02. The molecule has 0 radical (unpaired) electrons. The molecule has 19 heavy (non-hydrogen) atoms. The predicted octanol–water partition coefficient (Wildman–Crippen LogP) is 0.951. The van der Waals surface area contributed by atoms with E-state index in [0.717, 1.165) is 6.26 Å². The highest BCUT2D eigenvalue weighted by Gasteiger charge is 2.31. The molecule has 6 heteroatoms. The number of benzene rings is 1. The number of hydrogen-bond donors (Lipinski definition) is 0. The fourth-order valence-corrected chi connectivity index (χ4v) is 2.60. The van der Waals surface area contributed by atoms with Gasteiger partial charge < -0.3 is 9.64 Å². The Labute approximate surface area is 113 Å². The second-order valence-electron chi connectivity index (χ2n) is 4.58. The Morgan fingerprint density at radius 1 is 1.32 bits per heavy atom. The quantitative estimate of drug-likeness (QED) is 0.825. The van der Waals surface area contributed by atoms with Gasteiger partial charge in [0.2, 0.25) is 0 Å². The van der Waals surface area contributed by atoms with Crippen LogP contribution in [0.15, 0.2) is 29.2 Å². The first-order chi connectivity index (χ1) is 8.91. The van der Waals surface area contributed by atoms with Gasteiger partial charge in [-0.1, -0.05) is 0 Å². The van der Waals surface area contributed by atoms with E-state index in [1.807, 2.05) is 6.92 Å². The maximum Gasteiger partial charge on any atom is 0.254 e. The molecule has 1 aliphatic heterocycles. The van der Waals surface area contributed by atoms with Crippen molar-refractivity contribution in [2.75, 3.05) is 26.0 Å². The van der Waals surface area contributed by atoms with Crippen LogP contribution in [0.1, 0.15) is 17.3 Å². The monoisotopic (exact) mass is 283 g/mol. The summed E-state index contributed by atoms with van der Waals surface area (Å²) in [7, 11) is -3.22. The maximum absolute atomic E-state index is 12.1. The van der Waals surface area contributed by atoms with Gasteiger partial charge >= 0.3 is 0 Å². The van der Waals surface area contributed by atoms with Crippen LogP contribution in [0, 0.1) is 0 Å². The van der Waals surface area contributed by atoms with E-state index in [-0.39, 0.29) is 16.9 Å². The van der Waals surface area contributed by atoms with Crippen molar-refractivity contribution in [2.45, 2.75) is 17.9 Å². The molecule has 0 unspecified atom stereocenters. The van der Waals surface area contributed by atoms with Crippen LogP contribution in [0.3, 0.4) is 0 Å². The Bertz CT molecular complexity index is 559. The molecule has 0 atom stereocenters. The highest BCUT2D eigenvalue weighted by Crippen LogP contribution is 2.17. The molecule has 0 bridgehead atoms. The molecule has 1 amide bonds. The highest BCUT2D eigenvalue weighted by atomic mass is 32.2. The molecule has 0 spiro atoms. The van der Waals surface area contributed by atoms with Crippen LogP contribution in [0.2, 0.25) is 0 Å². The lowest BCUT2D eigenvalue weighted by Gasteiger charge is -2.38. The number of rotatable bonds is 4. The van der Waals surface area contributed by atoms with Crippen LogP contribution in [0.4, 0.5) is 0 Å². The van der Waals surface area contributed by atoms with Crippen molar-refractivity contribution in [2.24, 2.45) is 0 Å². The number of hydrogen-bond acceptors (Lipinski definition) is 4. The molecule has 5 nitrogen and oxygen atoms in total. The summed E-state index contributed by atoms with van der Waals surface area (Å²) in [5.41, 5.74) is 0.502. The minimum absolute atomic E-state index is 0.0870. The first-order valence-electron chi connectivity index (χ1n) is 6.13. The van der Waals surface area contributed by atoms with E-state index in [2.05, 4.69) is 0 Å². The summed E-state index contributed by atoms with van der Waals surface area (Å²) < 4.78 is 28.0. The Kier molecular flexibility index (Phi) is 3.91. The molecule has 0 aliphatic carbocycles. The third-order valence-corrected chi connectivity index (χ3v) is 4.20. The van der Waals surface area contributed by atoms with Crippen LogP contribution in [-0.2, 0) is 14.6 Å². The molecular weight excluding hydrogens is 266 g/mol. The standard InChI is InChI=1S/C13H17NO4S/c1-3-18-11-8-14(9-11)13(15)10-4-6-12(7-5-10)19(2,16)17/h4-7,11H,3,8-9H2,1-2H3. The zero-order chi connectivity index (χ0) is 14.0. The van der Waals surface area contributed by atoms with Crippen LogP contribution in [0.25, 0.3) is 0 Å². The van der Waals surface area contributed by atoms with E-state index in [1.54, 1.807) is 17.0 Å². The molecule has 1 saturated heterocycles.